The number of alkyl halides is 3. The van der Waals surface area contributed by atoms with Crippen molar-refractivity contribution in [3.63, 3.8) is 0 Å². The van der Waals surface area contributed by atoms with Crippen molar-refractivity contribution >= 4 is 5.71 Å². The molecule has 0 radical (unpaired) electrons. The van der Waals surface area contributed by atoms with E-state index in [4.69, 9.17) is 0 Å². The van der Waals surface area contributed by atoms with Crippen LogP contribution in [0.2, 0.25) is 0 Å². The van der Waals surface area contributed by atoms with Crippen LogP contribution in [-0.2, 0) is 6.18 Å². The fourth-order valence-corrected chi connectivity index (χ4v) is 1.96. The Bertz CT molecular complexity index is 404. The van der Waals surface area contributed by atoms with Crippen LogP contribution in [0, 0.1) is 0 Å². The number of benzene rings is 1. The summed E-state index contributed by atoms with van der Waals surface area (Å²) in [4.78, 5) is 4.18. The monoisotopic (exact) mass is 271 g/mol. The molecule has 0 saturated heterocycles. The van der Waals surface area contributed by atoms with Gasteiger partial charge in [0.05, 0.1) is 5.56 Å². The Morgan fingerprint density at radius 3 is 2.16 bits per heavy atom. The summed E-state index contributed by atoms with van der Waals surface area (Å²) in [6, 6.07) is 5.25. The lowest BCUT2D eigenvalue weighted by atomic mass is 10.0. The van der Waals surface area contributed by atoms with Crippen molar-refractivity contribution in [1.29, 1.82) is 0 Å². The lowest BCUT2D eigenvalue weighted by Crippen LogP contribution is -2.06. The summed E-state index contributed by atoms with van der Waals surface area (Å²) in [6.07, 6.45) is 1.06. The molecule has 0 N–H and O–H groups in total. The maximum Gasteiger partial charge on any atom is 0.416 e. The lowest BCUT2D eigenvalue weighted by molar-refractivity contribution is -0.137. The Labute approximate surface area is 112 Å². The van der Waals surface area contributed by atoms with E-state index in [0.717, 1.165) is 42.7 Å². The molecule has 1 nitrogen and oxygen atoms in total. The van der Waals surface area contributed by atoms with Crippen LogP contribution in [0.5, 0.6) is 0 Å². The third-order valence-electron chi connectivity index (χ3n) is 3.08. The van der Waals surface area contributed by atoms with Crippen LogP contribution in [0.4, 0.5) is 13.2 Å². The van der Waals surface area contributed by atoms with Gasteiger partial charge in [-0.15, -0.1) is 0 Å². The Kier molecular flexibility index (Phi) is 6.06. The number of hydrogen-bond acceptors (Lipinski definition) is 1. The van der Waals surface area contributed by atoms with Crippen molar-refractivity contribution in [2.75, 3.05) is 7.05 Å². The van der Waals surface area contributed by atoms with Gasteiger partial charge in [-0.1, -0.05) is 38.3 Å². The first kappa shape index (κ1) is 15.7. The zero-order valence-corrected chi connectivity index (χ0v) is 11.4. The van der Waals surface area contributed by atoms with E-state index >= 15 is 0 Å². The van der Waals surface area contributed by atoms with Crippen molar-refractivity contribution < 1.29 is 13.2 Å². The number of aliphatic imine (C=N–C) groups is 1. The van der Waals surface area contributed by atoms with E-state index in [1.165, 1.54) is 25.0 Å². The highest BCUT2D eigenvalue weighted by Gasteiger charge is 2.30. The molecule has 0 heterocycles. The molecule has 1 rings (SSSR count). The van der Waals surface area contributed by atoms with Gasteiger partial charge >= 0.3 is 6.18 Å². The second-order valence-corrected chi connectivity index (χ2v) is 4.56. The normalized spacial score (nSPS) is 12.8. The summed E-state index contributed by atoms with van der Waals surface area (Å²) in [5, 5.41) is 0. The van der Waals surface area contributed by atoms with Gasteiger partial charge in [0.1, 0.15) is 0 Å². The fourth-order valence-electron chi connectivity index (χ4n) is 1.96. The SMILES string of the molecule is CCCCCCC(=NC)c1ccc(C(F)(F)F)cc1. The van der Waals surface area contributed by atoms with E-state index < -0.39 is 11.7 Å². The van der Waals surface area contributed by atoms with E-state index in [1.807, 2.05) is 0 Å². The predicted molar refractivity (Wildman–Crippen MR) is 72.7 cm³/mol. The largest absolute Gasteiger partial charge is 0.416 e. The first-order chi connectivity index (χ1) is 8.99. The third-order valence-corrected chi connectivity index (χ3v) is 3.08. The van der Waals surface area contributed by atoms with Gasteiger partial charge in [0.2, 0.25) is 0 Å². The van der Waals surface area contributed by atoms with Crippen LogP contribution in [-0.4, -0.2) is 12.8 Å². The first-order valence-electron chi connectivity index (χ1n) is 6.62. The summed E-state index contributed by atoms with van der Waals surface area (Å²) in [7, 11) is 1.69. The molecule has 0 unspecified atom stereocenters. The zero-order valence-electron chi connectivity index (χ0n) is 11.4. The molecule has 0 amide bonds. The van der Waals surface area contributed by atoms with Crippen LogP contribution in [0.15, 0.2) is 29.3 Å². The topological polar surface area (TPSA) is 12.4 Å². The third kappa shape index (κ3) is 5.05. The van der Waals surface area contributed by atoms with Crippen molar-refractivity contribution in [2.24, 2.45) is 4.99 Å². The zero-order chi connectivity index (χ0) is 14.3. The molecular weight excluding hydrogens is 251 g/mol. The molecule has 0 aliphatic rings. The van der Waals surface area contributed by atoms with E-state index in [2.05, 4.69) is 11.9 Å². The van der Waals surface area contributed by atoms with E-state index in [9.17, 15) is 13.2 Å². The highest BCUT2D eigenvalue weighted by molar-refractivity contribution is 6.00. The minimum Gasteiger partial charge on any atom is -0.292 e. The molecule has 0 aliphatic heterocycles. The molecule has 1 aromatic carbocycles. The van der Waals surface area contributed by atoms with Crippen LogP contribution in [0.3, 0.4) is 0 Å². The van der Waals surface area contributed by atoms with Gasteiger partial charge in [-0.2, -0.15) is 13.2 Å². The van der Waals surface area contributed by atoms with Gasteiger partial charge in [-0.3, -0.25) is 4.99 Å². The molecule has 0 fully saturated rings. The van der Waals surface area contributed by atoms with Crippen LogP contribution < -0.4 is 0 Å². The van der Waals surface area contributed by atoms with Gasteiger partial charge in [-0.25, -0.2) is 0 Å². The second kappa shape index (κ2) is 7.31. The van der Waals surface area contributed by atoms with Gasteiger partial charge < -0.3 is 0 Å². The Balaban J connectivity index is 2.67. The summed E-state index contributed by atoms with van der Waals surface area (Å²) in [6.45, 7) is 2.14. The molecule has 0 bridgehead atoms. The predicted octanol–water partition coefficient (Wildman–Crippen LogP) is 5.09. The molecule has 0 saturated carbocycles. The quantitative estimate of drug-likeness (QED) is 0.504. The van der Waals surface area contributed by atoms with Gasteiger partial charge in [0.25, 0.3) is 0 Å². The Morgan fingerprint density at radius 1 is 1.05 bits per heavy atom. The second-order valence-electron chi connectivity index (χ2n) is 4.56. The first-order valence-corrected chi connectivity index (χ1v) is 6.62. The summed E-state index contributed by atoms with van der Waals surface area (Å²) in [5.41, 5.74) is 1.05. The molecule has 0 aliphatic carbocycles. The van der Waals surface area contributed by atoms with Crippen LogP contribution >= 0.6 is 0 Å². The van der Waals surface area contributed by atoms with E-state index in [0.29, 0.717) is 0 Å². The van der Waals surface area contributed by atoms with E-state index in [1.54, 1.807) is 7.05 Å². The number of nitrogens with zero attached hydrogens (tertiary/aromatic N) is 1. The van der Waals surface area contributed by atoms with Gasteiger partial charge in [0, 0.05) is 12.8 Å². The maximum atomic E-state index is 12.5. The number of unbranched alkanes of at least 4 members (excludes halogenated alkanes) is 3. The lowest BCUT2D eigenvalue weighted by Gasteiger charge is -2.09. The molecule has 0 atom stereocenters. The molecule has 1 aromatic rings. The standard InChI is InChI=1S/C15H20F3N/c1-3-4-5-6-7-14(19-2)12-8-10-13(11-9-12)15(16,17)18/h8-11H,3-7H2,1-2H3. The van der Waals surface area contributed by atoms with Crippen LogP contribution in [0.25, 0.3) is 0 Å². The average molecular weight is 271 g/mol. The average Bonchev–Trinajstić information content (AvgIpc) is 2.38. The summed E-state index contributed by atoms with van der Waals surface area (Å²) < 4.78 is 37.4. The summed E-state index contributed by atoms with van der Waals surface area (Å²) >= 11 is 0. The van der Waals surface area contributed by atoms with Crippen LogP contribution in [0.1, 0.15) is 50.2 Å². The van der Waals surface area contributed by atoms with Crippen molar-refractivity contribution in [3.8, 4) is 0 Å². The van der Waals surface area contributed by atoms with E-state index in [-0.39, 0.29) is 0 Å². The Morgan fingerprint density at radius 2 is 1.68 bits per heavy atom. The minimum absolute atomic E-state index is 0.613. The molecule has 0 aromatic heterocycles. The molecule has 0 spiro atoms. The highest BCUT2D eigenvalue weighted by Crippen LogP contribution is 2.29. The smallest absolute Gasteiger partial charge is 0.292 e. The Hall–Kier alpha value is -1.32. The molecular formula is C15H20F3N. The van der Waals surface area contributed by atoms with Crippen molar-refractivity contribution in [2.45, 2.75) is 45.2 Å². The van der Waals surface area contributed by atoms with Gasteiger partial charge in [-0.05, 0) is 30.5 Å². The van der Waals surface area contributed by atoms with Crippen molar-refractivity contribution in [3.05, 3.63) is 35.4 Å². The fraction of sp³-hybridized carbons (Fsp3) is 0.533. The van der Waals surface area contributed by atoms with Gasteiger partial charge in [0.15, 0.2) is 0 Å². The number of hydrogen-bond donors (Lipinski definition) is 0. The maximum absolute atomic E-state index is 12.5. The number of rotatable bonds is 6. The molecule has 4 heteroatoms. The van der Waals surface area contributed by atoms with Crippen molar-refractivity contribution in [1.82, 2.24) is 0 Å². The molecule has 19 heavy (non-hydrogen) atoms. The number of halogens is 3. The molecule has 106 valence electrons. The highest BCUT2D eigenvalue weighted by atomic mass is 19.4. The summed E-state index contributed by atoms with van der Waals surface area (Å²) in [5.74, 6) is 0. The minimum atomic E-state index is -4.27.